The van der Waals surface area contributed by atoms with Crippen LogP contribution in [0.25, 0.3) is 0 Å². The maximum absolute atomic E-state index is 12.5. The molecule has 1 aliphatic rings. The van der Waals surface area contributed by atoms with Crippen molar-refractivity contribution in [3.63, 3.8) is 0 Å². The van der Waals surface area contributed by atoms with Crippen molar-refractivity contribution in [1.82, 2.24) is 25.0 Å². The van der Waals surface area contributed by atoms with E-state index >= 15 is 0 Å². The summed E-state index contributed by atoms with van der Waals surface area (Å²) in [6, 6.07) is 19.0. The zero-order valence-electron chi connectivity index (χ0n) is 20.7. The van der Waals surface area contributed by atoms with Gasteiger partial charge in [-0.25, -0.2) is 0 Å². The average Bonchev–Trinajstić information content (AvgIpc) is 3.14. The van der Waals surface area contributed by atoms with Crippen LogP contribution in [0.2, 0.25) is 0 Å². The Kier molecular flexibility index (Phi) is 8.12. The maximum atomic E-state index is 12.5. The zero-order chi connectivity index (χ0) is 23.9. The van der Waals surface area contributed by atoms with Crippen LogP contribution < -0.4 is 5.32 Å². The fourth-order valence-corrected chi connectivity index (χ4v) is 4.66. The minimum atomic E-state index is -0.162. The van der Waals surface area contributed by atoms with E-state index < -0.39 is 0 Å². The second kappa shape index (κ2) is 11.4. The Labute approximate surface area is 203 Å². The highest BCUT2D eigenvalue weighted by molar-refractivity contribution is 5.76. The summed E-state index contributed by atoms with van der Waals surface area (Å²) < 4.78 is 2.20. The van der Waals surface area contributed by atoms with Crippen molar-refractivity contribution in [3.05, 3.63) is 82.9 Å². The normalized spacial score (nSPS) is 15.1. The van der Waals surface area contributed by atoms with Crippen molar-refractivity contribution in [1.29, 1.82) is 0 Å². The van der Waals surface area contributed by atoms with Crippen molar-refractivity contribution in [2.24, 2.45) is 5.92 Å². The van der Waals surface area contributed by atoms with Crippen LogP contribution in [-0.4, -0.2) is 38.7 Å². The molecule has 1 aromatic heterocycles. The molecule has 0 fully saturated rings. The molecule has 34 heavy (non-hydrogen) atoms. The lowest BCUT2D eigenvalue weighted by atomic mass is 10.0. The number of nitrogens with zero attached hydrogens (tertiary/aromatic N) is 4. The number of rotatable bonds is 9. The van der Waals surface area contributed by atoms with Crippen molar-refractivity contribution in [3.8, 4) is 0 Å². The first-order valence-electron chi connectivity index (χ1n) is 12.5. The standard InChI is InChI=1S/C28H37N5O/c1-21(2)19-24-9-11-25(12-10-24)20-32-16-15-26-30-31-28(33(26)18-17-32)22(3)29-27(34)14-13-23-7-5-4-6-8-23/h4-12,21-22H,13-20H2,1-3H3,(H,29,34). The number of amides is 1. The fraction of sp³-hybridized carbons (Fsp3) is 0.464. The van der Waals surface area contributed by atoms with Crippen LogP contribution in [0, 0.1) is 5.92 Å². The number of hydrogen-bond acceptors (Lipinski definition) is 4. The van der Waals surface area contributed by atoms with Gasteiger partial charge in [0, 0.05) is 39.0 Å². The van der Waals surface area contributed by atoms with Gasteiger partial charge in [-0.3, -0.25) is 9.69 Å². The molecule has 6 heteroatoms. The van der Waals surface area contributed by atoms with Crippen LogP contribution in [-0.2, 0) is 37.1 Å². The Balaban J connectivity index is 1.30. The minimum absolute atomic E-state index is 0.0462. The Hall–Kier alpha value is -2.99. The molecule has 1 aliphatic heterocycles. The van der Waals surface area contributed by atoms with Gasteiger partial charge in [0.05, 0.1) is 6.04 Å². The smallest absolute Gasteiger partial charge is 0.220 e. The summed E-state index contributed by atoms with van der Waals surface area (Å²) in [5, 5.41) is 12.0. The molecule has 6 nitrogen and oxygen atoms in total. The molecule has 180 valence electrons. The SMILES string of the molecule is CC(C)Cc1ccc(CN2CCc3nnc(C(C)NC(=O)CCc4ccccc4)n3CC2)cc1. The zero-order valence-corrected chi connectivity index (χ0v) is 20.7. The van der Waals surface area contributed by atoms with Gasteiger partial charge in [0.1, 0.15) is 5.82 Å². The lowest BCUT2D eigenvalue weighted by molar-refractivity contribution is -0.121. The van der Waals surface area contributed by atoms with E-state index in [0.29, 0.717) is 12.3 Å². The highest BCUT2D eigenvalue weighted by atomic mass is 16.1. The largest absolute Gasteiger partial charge is 0.346 e. The number of hydrogen-bond donors (Lipinski definition) is 1. The number of benzene rings is 2. The van der Waals surface area contributed by atoms with Crippen LogP contribution in [0.15, 0.2) is 54.6 Å². The summed E-state index contributed by atoms with van der Waals surface area (Å²) >= 11 is 0. The van der Waals surface area contributed by atoms with Crippen LogP contribution >= 0.6 is 0 Å². The van der Waals surface area contributed by atoms with Crippen LogP contribution in [0.5, 0.6) is 0 Å². The minimum Gasteiger partial charge on any atom is -0.346 e. The molecule has 0 aliphatic carbocycles. The number of nitrogens with one attached hydrogen (secondary N) is 1. The highest BCUT2D eigenvalue weighted by Gasteiger charge is 2.22. The van der Waals surface area contributed by atoms with Crippen molar-refractivity contribution in [2.45, 2.75) is 65.6 Å². The van der Waals surface area contributed by atoms with Crippen LogP contribution in [0.4, 0.5) is 0 Å². The van der Waals surface area contributed by atoms with Gasteiger partial charge in [-0.1, -0.05) is 68.4 Å². The highest BCUT2D eigenvalue weighted by Crippen LogP contribution is 2.18. The van der Waals surface area contributed by atoms with Crippen molar-refractivity contribution in [2.75, 3.05) is 13.1 Å². The number of aromatic nitrogens is 3. The van der Waals surface area contributed by atoms with Crippen LogP contribution in [0.3, 0.4) is 0 Å². The molecular weight excluding hydrogens is 422 g/mol. The predicted octanol–water partition coefficient (Wildman–Crippen LogP) is 4.34. The van der Waals surface area contributed by atoms with E-state index in [0.717, 1.165) is 57.1 Å². The molecule has 0 bridgehead atoms. The second-order valence-electron chi connectivity index (χ2n) is 9.84. The number of aryl methyl sites for hydroxylation is 1. The Morgan fingerprint density at radius 3 is 2.38 bits per heavy atom. The summed E-state index contributed by atoms with van der Waals surface area (Å²) in [5.74, 6) is 2.58. The molecule has 3 aromatic rings. The quantitative estimate of drug-likeness (QED) is 0.517. The van der Waals surface area contributed by atoms with Gasteiger partial charge in [0.25, 0.3) is 0 Å². The molecule has 1 amide bonds. The molecule has 4 rings (SSSR count). The summed E-state index contributed by atoms with van der Waals surface area (Å²) in [5.41, 5.74) is 3.94. The summed E-state index contributed by atoms with van der Waals surface area (Å²) in [4.78, 5) is 15.0. The molecule has 0 saturated carbocycles. The van der Waals surface area contributed by atoms with Gasteiger partial charge < -0.3 is 9.88 Å². The lowest BCUT2D eigenvalue weighted by Crippen LogP contribution is -2.30. The van der Waals surface area contributed by atoms with Gasteiger partial charge >= 0.3 is 0 Å². The van der Waals surface area contributed by atoms with Gasteiger partial charge in [-0.05, 0) is 42.4 Å². The third-order valence-corrected chi connectivity index (χ3v) is 6.47. The van der Waals surface area contributed by atoms with Crippen LogP contribution in [0.1, 0.15) is 61.6 Å². The summed E-state index contributed by atoms with van der Waals surface area (Å²) in [6.45, 7) is 10.2. The molecular formula is C28H37N5O. The molecule has 0 spiro atoms. The molecule has 1 N–H and O–H groups in total. The van der Waals surface area contributed by atoms with E-state index in [1.807, 2.05) is 25.1 Å². The molecule has 2 aromatic carbocycles. The van der Waals surface area contributed by atoms with E-state index in [1.165, 1.54) is 16.7 Å². The number of fused-ring (bicyclic) bond motifs is 1. The maximum Gasteiger partial charge on any atom is 0.220 e. The van der Waals surface area contributed by atoms with E-state index in [4.69, 9.17) is 0 Å². The Morgan fingerprint density at radius 1 is 0.912 bits per heavy atom. The van der Waals surface area contributed by atoms with Crippen molar-refractivity contribution < 1.29 is 4.79 Å². The number of carbonyl (C=O) groups is 1. The average molecular weight is 460 g/mol. The van der Waals surface area contributed by atoms with Gasteiger partial charge in [0.2, 0.25) is 5.91 Å². The van der Waals surface area contributed by atoms with E-state index in [9.17, 15) is 4.79 Å². The fourth-order valence-electron chi connectivity index (χ4n) is 4.66. The molecule has 0 radical (unpaired) electrons. The summed E-state index contributed by atoms with van der Waals surface area (Å²) in [7, 11) is 0. The predicted molar refractivity (Wildman–Crippen MR) is 135 cm³/mol. The lowest BCUT2D eigenvalue weighted by Gasteiger charge is -2.20. The Bertz CT molecular complexity index is 1060. The Morgan fingerprint density at radius 2 is 1.65 bits per heavy atom. The van der Waals surface area contributed by atoms with Gasteiger partial charge in [0.15, 0.2) is 5.82 Å². The van der Waals surface area contributed by atoms with Crippen molar-refractivity contribution >= 4 is 5.91 Å². The summed E-state index contributed by atoms with van der Waals surface area (Å²) in [6.07, 6.45) is 3.21. The molecule has 2 heterocycles. The third-order valence-electron chi connectivity index (χ3n) is 6.47. The third kappa shape index (κ3) is 6.54. The first-order chi connectivity index (χ1) is 16.5. The van der Waals surface area contributed by atoms with Gasteiger partial charge in [-0.15, -0.1) is 10.2 Å². The topological polar surface area (TPSA) is 63.1 Å². The monoisotopic (exact) mass is 459 g/mol. The first-order valence-corrected chi connectivity index (χ1v) is 12.5. The first kappa shape index (κ1) is 24.1. The van der Waals surface area contributed by atoms with E-state index in [1.54, 1.807) is 0 Å². The molecule has 1 atom stereocenters. The molecule has 1 unspecified atom stereocenters. The van der Waals surface area contributed by atoms with E-state index in [-0.39, 0.29) is 11.9 Å². The van der Waals surface area contributed by atoms with E-state index in [2.05, 4.69) is 75.2 Å². The number of carbonyl (C=O) groups excluding carboxylic acids is 1. The van der Waals surface area contributed by atoms with Gasteiger partial charge in [-0.2, -0.15) is 0 Å². The molecule has 0 saturated heterocycles. The second-order valence-corrected chi connectivity index (χ2v) is 9.84.